The average molecular weight is 392 g/mol. The predicted octanol–water partition coefficient (Wildman–Crippen LogP) is 5.14. The molecule has 0 spiro atoms. The van der Waals surface area contributed by atoms with Gasteiger partial charge in [-0.3, -0.25) is 0 Å². The van der Waals surface area contributed by atoms with Gasteiger partial charge in [0.05, 0.1) is 17.6 Å². The Balaban J connectivity index is 1.35. The SMILES string of the molecule is Cc1ccc(OCCn2c(CCNCC3CCCCC3)nc3ccccc32)cc1. The number of aryl methyl sites for hydroxylation is 1. The van der Waals surface area contributed by atoms with Crippen molar-refractivity contribution >= 4 is 11.0 Å². The molecule has 29 heavy (non-hydrogen) atoms. The first-order valence-corrected chi connectivity index (χ1v) is 11.1. The van der Waals surface area contributed by atoms with Crippen LogP contribution in [0.4, 0.5) is 0 Å². The predicted molar refractivity (Wildman–Crippen MR) is 120 cm³/mol. The summed E-state index contributed by atoms with van der Waals surface area (Å²) in [4.78, 5) is 4.90. The van der Waals surface area contributed by atoms with Crippen molar-refractivity contribution in [3.63, 3.8) is 0 Å². The lowest BCUT2D eigenvalue weighted by molar-refractivity contribution is 0.298. The van der Waals surface area contributed by atoms with Gasteiger partial charge in [0.25, 0.3) is 0 Å². The van der Waals surface area contributed by atoms with Gasteiger partial charge in [0, 0.05) is 13.0 Å². The van der Waals surface area contributed by atoms with Gasteiger partial charge in [0.15, 0.2) is 0 Å². The van der Waals surface area contributed by atoms with Gasteiger partial charge in [-0.15, -0.1) is 0 Å². The van der Waals surface area contributed by atoms with Crippen LogP contribution in [0.1, 0.15) is 43.5 Å². The van der Waals surface area contributed by atoms with Crippen molar-refractivity contribution in [2.24, 2.45) is 5.92 Å². The first-order chi connectivity index (χ1) is 14.3. The summed E-state index contributed by atoms with van der Waals surface area (Å²) in [5, 5.41) is 3.68. The summed E-state index contributed by atoms with van der Waals surface area (Å²) in [5.41, 5.74) is 3.52. The molecule has 1 aliphatic rings. The third-order valence-electron chi connectivity index (χ3n) is 6.02. The summed E-state index contributed by atoms with van der Waals surface area (Å²) in [6.07, 6.45) is 7.97. The van der Waals surface area contributed by atoms with Gasteiger partial charge in [-0.05, 0) is 56.5 Å². The van der Waals surface area contributed by atoms with E-state index in [1.54, 1.807) is 0 Å². The Kier molecular flexibility index (Phi) is 6.83. The minimum Gasteiger partial charge on any atom is -0.492 e. The molecule has 4 heteroatoms. The molecule has 4 rings (SSSR count). The molecule has 0 bridgehead atoms. The Morgan fingerprint density at radius 1 is 1.03 bits per heavy atom. The van der Waals surface area contributed by atoms with Crippen molar-refractivity contribution in [3.8, 4) is 5.75 Å². The molecule has 2 aromatic carbocycles. The zero-order chi connectivity index (χ0) is 19.9. The Hall–Kier alpha value is -2.33. The first kappa shape index (κ1) is 20.0. The molecule has 1 aromatic heterocycles. The summed E-state index contributed by atoms with van der Waals surface area (Å²) in [7, 11) is 0. The number of imidazole rings is 1. The lowest BCUT2D eigenvalue weighted by atomic mass is 9.89. The van der Waals surface area contributed by atoms with Crippen molar-refractivity contribution in [2.75, 3.05) is 19.7 Å². The molecule has 0 unspecified atom stereocenters. The summed E-state index contributed by atoms with van der Waals surface area (Å²) >= 11 is 0. The number of nitrogens with zero attached hydrogens (tertiary/aromatic N) is 2. The molecule has 1 heterocycles. The number of ether oxygens (including phenoxy) is 1. The molecular formula is C25H33N3O. The van der Waals surface area contributed by atoms with Gasteiger partial charge in [-0.25, -0.2) is 4.98 Å². The van der Waals surface area contributed by atoms with E-state index in [2.05, 4.69) is 53.2 Å². The summed E-state index contributed by atoms with van der Waals surface area (Å²) in [5.74, 6) is 2.94. The summed E-state index contributed by atoms with van der Waals surface area (Å²) in [6.45, 7) is 5.68. The molecule has 0 saturated heterocycles. The van der Waals surface area contributed by atoms with Crippen LogP contribution in [-0.4, -0.2) is 29.2 Å². The first-order valence-electron chi connectivity index (χ1n) is 11.1. The highest BCUT2D eigenvalue weighted by Gasteiger charge is 2.14. The number of fused-ring (bicyclic) bond motifs is 1. The van der Waals surface area contributed by atoms with E-state index in [-0.39, 0.29) is 0 Å². The van der Waals surface area contributed by atoms with Gasteiger partial charge in [0.1, 0.15) is 18.2 Å². The number of rotatable bonds is 9. The third kappa shape index (κ3) is 5.39. The van der Waals surface area contributed by atoms with Crippen LogP contribution < -0.4 is 10.1 Å². The van der Waals surface area contributed by atoms with Crippen LogP contribution in [0.3, 0.4) is 0 Å². The topological polar surface area (TPSA) is 39.1 Å². The second-order valence-corrected chi connectivity index (χ2v) is 8.29. The molecule has 4 nitrogen and oxygen atoms in total. The van der Waals surface area contributed by atoms with Crippen LogP contribution in [0.15, 0.2) is 48.5 Å². The molecule has 1 fully saturated rings. The standard InChI is InChI=1S/C25H33N3O/c1-20-11-13-22(14-12-20)29-18-17-28-24-10-6-5-9-23(24)27-25(28)15-16-26-19-21-7-3-2-4-8-21/h5-6,9-14,21,26H,2-4,7-8,15-19H2,1H3. The van der Waals surface area contributed by atoms with Crippen LogP contribution in [0.25, 0.3) is 11.0 Å². The minimum absolute atomic E-state index is 0.645. The maximum Gasteiger partial charge on any atom is 0.119 e. The molecule has 3 aromatic rings. The molecule has 0 aliphatic heterocycles. The number of nitrogens with one attached hydrogen (secondary N) is 1. The lowest BCUT2D eigenvalue weighted by Crippen LogP contribution is -2.27. The smallest absolute Gasteiger partial charge is 0.119 e. The molecule has 1 aliphatic carbocycles. The molecule has 1 N–H and O–H groups in total. The second-order valence-electron chi connectivity index (χ2n) is 8.29. The zero-order valence-corrected chi connectivity index (χ0v) is 17.6. The van der Waals surface area contributed by atoms with Crippen LogP contribution in [0, 0.1) is 12.8 Å². The van der Waals surface area contributed by atoms with Crippen molar-refractivity contribution in [2.45, 2.75) is 52.0 Å². The number of para-hydroxylation sites is 2. The second kappa shape index (κ2) is 9.93. The number of hydrogen-bond donors (Lipinski definition) is 1. The molecular weight excluding hydrogens is 358 g/mol. The molecule has 154 valence electrons. The molecule has 0 radical (unpaired) electrons. The van der Waals surface area contributed by atoms with E-state index in [0.29, 0.717) is 6.61 Å². The normalized spacial score (nSPS) is 15.1. The average Bonchev–Trinajstić information content (AvgIpc) is 3.11. The van der Waals surface area contributed by atoms with Crippen LogP contribution in [0.2, 0.25) is 0 Å². The Morgan fingerprint density at radius 3 is 2.66 bits per heavy atom. The van der Waals surface area contributed by atoms with Crippen molar-refractivity contribution in [1.29, 1.82) is 0 Å². The maximum atomic E-state index is 5.98. The van der Waals surface area contributed by atoms with E-state index in [1.807, 2.05) is 12.1 Å². The van der Waals surface area contributed by atoms with Gasteiger partial charge >= 0.3 is 0 Å². The lowest BCUT2D eigenvalue weighted by Gasteiger charge is -2.21. The highest BCUT2D eigenvalue weighted by Crippen LogP contribution is 2.23. The monoisotopic (exact) mass is 391 g/mol. The molecule has 1 saturated carbocycles. The number of benzene rings is 2. The minimum atomic E-state index is 0.645. The van der Waals surface area contributed by atoms with Gasteiger partial charge in [0.2, 0.25) is 0 Å². The zero-order valence-electron chi connectivity index (χ0n) is 17.6. The highest BCUT2D eigenvalue weighted by molar-refractivity contribution is 5.75. The van der Waals surface area contributed by atoms with Crippen LogP contribution >= 0.6 is 0 Å². The maximum absolute atomic E-state index is 5.98. The van der Waals surface area contributed by atoms with Crippen molar-refractivity contribution in [1.82, 2.24) is 14.9 Å². The fraction of sp³-hybridized carbons (Fsp3) is 0.480. The van der Waals surface area contributed by atoms with Gasteiger partial charge in [-0.1, -0.05) is 49.1 Å². The Labute approximate surface area is 174 Å². The van der Waals surface area contributed by atoms with E-state index < -0.39 is 0 Å². The van der Waals surface area contributed by atoms with Crippen LogP contribution in [-0.2, 0) is 13.0 Å². The van der Waals surface area contributed by atoms with Crippen LogP contribution in [0.5, 0.6) is 5.75 Å². The Morgan fingerprint density at radius 2 is 1.83 bits per heavy atom. The fourth-order valence-electron chi connectivity index (χ4n) is 4.35. The van der Waals surface area contributed by atoms with Crippen molar-refractivity contribution in [3.05, 3.63) is 59.9 Å². The summed E-state index contributed by atoms with van der Waals surface area (Å²) in [6, 6.07) is 16.7. The van der Waals surface area contributed by atoms with Gasteiger partial charge < -0.3 is 14.6 Å². The number of hydrogen-bond acceptors (Lipinski definition) is 3. The summed E-state index contributed by atoms with van der Waals surface area (Å²) < 4.78 is 8.30. The van der Waals surface area contributed by atoms with Gasteiger partial charge in [-0.2, -0.15) is 0 Å². The van der Waals surface area contributed by atoms with Crippen molar-refractivity contribution < 1.29 is 4.74 Å². The highest BCUT2D eigenvalue weighted by atomic mass is 16.5. The van der Waals surface area contributed by atoms with E-state index >= 15 is 0 Å². The van der Waals surface area contributed by atoms with E-state index in [0.717, 1.165) is 49.1 Å². The molecule has 0 amide bonds. The van der Waals surface area contributed by atoms with E-state index in [4.69, 9.17) is 9.72 Å². The fourth-order valence-corrected chi connectivity index (χ4v) is 4.35. The Bertz CT molecular complexity index is 894. The van der Waals surface area contributed by atoms with E-state index in [1.165, 1.54) is 43.2 Å². The molecule has 0 atom stereocenters. The number of aromatic nitrogens is 2. The third-order valence-corrected chi connectivity index (χ3v) is 6.02. The quantitative estimate of drug-likeness (QED) is 0.514. The largest absolute Gasteiger partial charge is 0.492 e. The van der Waals surface area contributed by atoms with E-state index in [9.17, 15) is 0 Å².